The lowest BCUT2D eigenvalue weighted by Crippen LogP contribution is -2.17. The van der Waals surface area contributed by atoms with E-state index in [-0.39, 0.29) is 52.1 Å². The molecule has 0 bridgehead atoms. The number of carbonyl (C=O) groups excluding carboxylic acids is 5. The molecule has 0 saturated carbocycles. The van der Waals surface area contributed by atoms with Crippen molar-refractivity contribution in [3.05, 3.63) is 12.7 Å². The van der Waals surface area contributed by atoms with Crippen LogP contribution in [0.4, 0.5) is 0 Å². The zero-order valence-electron chi connectivity index (χ0n) is 13.7. The summed E-state index contributed by atoms with van der Waals surface area (Å²) in [5, 5.41) is 0. The van der Waals surface area contributed by atoms with Crippen molar-refractivity contribution in [1.82, 2.24) is 0 Å². The van der Waals surface area contributed by atoms with Gasteiger partial charge in [-0.15, -0.1) is 0 Å². The number of rotatable bonds is 13. The van der Waals surface area contributed by atoms with Gasteiger partial charge in [-0.2, -0.15) is 0 Å². The van der Waals surface area contributed by atoms with Crippen LogP contribution in [-0.2, 0) is 42.9 Å². The number of carbonyl (C=O) groups is 5. The Labute approximate surface area is 144 Å². The topological polar surface area (TPSA) is 148 Å². The molecule has 0 saturated heterocycles. The van der Waals surface area contributed by atoms with Crippen LogP contribution in [0.5, 0.6) is 0 Å². The van der Waals surface area contributed by atoms with Crippen molar-refractivity contribution in [3.63, 3.8) is 0 Å². The maximum absolute atomic E-state index is 11.4. The monoisotopic (exact) mass is 359 g/mol. The van der Waals surface area contributed by atoms with Crippen molar-refractivity contribution in [2.24, 2.45) is 5.73 Å². The van der Waals surface area contributed by atoms with Gasteiger partial charge in [0.05, 0.1) is 19.3 Å². The fourth-order valence-corrected chi connectivity index (χ4v) is 1.31. The van der Waals surface area contributed by atoms with Crippen LogP contribution in [0.25, 0.3) is 0 Å². The van der Waals surface area contributed by atoms with E-state index < -0.39 is 29.8 Å². The van der Waals surface area contributed by atoms with Crippen LogP contribution in [0.1, 0.15) is 25.7 Å². The van der Waals surface area contributed by atoms with Crippen LogP contribution < -0.4 is 5.73 Å². The number of esters is 4. The molecule has 0 aromatic rings. The van der Waals surface area contributed by atoms with Gasteiger partial charge >= 0.3 is 23.9 Å². The van der Waals surface area contributed by atoms with E-state index in [2.05, 4.69) is 11.3 Å². The van der Waals surface area contributed by atoms with Crippen LogP contribution in [0.15, 0.2) is 12.7 Å². The van der Waals surface area contributed by atoms with Crippen LogP contribution in [-0.4, -0.2) is 56.2 Å². The van der Waals surface area contributed by atoms with Gasteiger partial charge in [0, 0.05) is 12.5 Å². The average Bonchev–Trinajstić information content (AvgIpc) is 2.58. The first-order chi connectivity index (χ1) is 11.8. The van der Waals surface area contributed by atoms with Crippen molar-refractivity contribution >= 4 is 29.8 Å². The zero-order valence-corrected chi connectivity index (χ0v) is 13.7. The standard InChI is InChI=1S/C15H21NO9/c1-2-12(18)22-7-8-24-14(20)5-6-15(21)25-10-9-23-13(19)4-3-11(16)17/h2H,1,3-10H2,(H2,16,17). The minimum atomic E-state index is -0.664. The van der Waals surface area contributed by atoms with Crippen LogP contribution in [0.3, 0.4) is 0 Å². The Hall–Kier alpha value is -2.91. The molecule has 1 amide bonds. The molecule has 0 rings (SSSR count). The normalized spacial score (nSPS) is 9.60. The third kappa shape index (κ3) is 14.4. The van der Waals surface area contributed by atoms with E-state index in [1.165, 1.54) is 0 Å². The summed E-state index contributed by atoms with van der Waals surface area (Å²) >= 11 is 0. The second-order valence-electron chi connectivity index (χ2n) is 4.50. The summed E-state index contributed by atoms with van der Waals surface area (Å²) in [6.07, 6.45) is 0.311. The number of hydrogen-bond donors (Lipinski definition) is 1. The SMILES string of the molecule is C=CC(=O)OCCOC(=O)CCC(=O)OCCOC(=O)CCC(N)=O. The van der Waals surface area contributed by atoms with Gasteiger partial charge in [0.25, 0.3) is 0 Å². The fraction of sp³-hybridized carbons (Fsp3) is 0.533. The summed E-state index contributed by atoms with van der Waals surface area (Å²) in [6.45, 7) is 2.62. The zero-order chi connectivity index (χ0) is 19.1. The molecule has 0 unspecified atom stereocenters. The molecule has 25 heavy (non-hydrogen) atoms. The highest BCUT2D eigenvalue weighted by molar-refractivity contribution is 5.81. The fourth-order valence-electron chi connectivity index (χ4n) is 1.31. The number of hydrogen-bond acceptors (Lipinski definition) is 9. The molecule has 0 aromatic carbocycles. The maximum Gasteiger partial charge on any atom is 0.330 e. The second-order valence-corrected chi connectivity index (χ2v) is 4.50. The Morgan fingerprint density at radius 3 is 1.40 bits per heavy atom. The van der Waals surface area contributed by atoms with E-state index in [0.29, 0.717) is 0 Å². The van der Waals surface area contributed by atoms with Crippen LogP contribution in [0, 0.1) is 0 Å². The van der Waals surface area contributed by atoms with E-state index >= 15 is 0 Å². The molecule has 10 nitrogen and oxygen atoms in total. The summed E-state index contributed by atoms with van der Waals surface area (Å²) in [5.41, 5.74) is 4.87. The smallest absolute Gasteiger partial charge is 0.330 e. The molecule has 0 aliphatic carbocycles. The number of nitrogens with two attached hydrogens (primary N) is 1. The van der Waals surface area contributed by atoms with Gasteiger partial charge < -0.3 is 24.7 Å². The predicted molar refractivity (Wildman–Crippen MR) is 81.7 cm³/mol. The highest BCUT2D eigenvalue weighted by Crippen LogP contribution is 1.97. The van der Waals surface area contributed by atoms with Crippen molar-refractivity contribution < 1.29 is 42.9 Å². The molecule has 0 fully saturated rings. The molecular weight excluding hydrogens is 338 g/mol. The molecule has 0 aliphatic heterocycles. The van der Waals surface area contributed by atoms with E-state index in [0.717, 1.165) is 6.08 Å². The lowest BCUT2D eigenvalue weighted by molar-refractivity contribution is -0.155. The second kappa shape index (κ2) is 13.5. The van der Waals surface area contributed by atoms with Crippen LogP contribution >= 0.6 is 0 Å². The first-order valence-electron chi connectivity index (χ1n) is 7.39. The van der Waals surface area contributed by atoms with Crippen molar-refractivity contribution in [1.29, 1.82) is 0 Å². The molecule has 0 heterocycles. The average molecular weight is 359 g/mol. The molecule has 0 aromatic heterocycles. The Balaban J connectivity index is 3.61. The van der Waals surface area contributed by atoms with E-state index in [1.807, 2.05) is 0 Å². The molecule has 0 aliphatic rings. The Morgan fingerprint density at radius 1 is 0.680 bits per heavy atom. The Bertz CT molecular complexity index is 501. The molecule has 10 heteroatoms. The molecular formula is C15H21NO9. The van der Waals surface area contributed by atoms with Gasteiger partial charge in [-0.25, -0.2) is 4.79 Å². The lowest BCUT2D eigenvalue weighted by Gasteiger charge is -2.07. The molecule has 2 N–H and O–H groups in total. The third-order valence-corrected chi connectivity index (χ3v) is 2.48. The largest absolute Gasteiger partial charge is 0.462 e. The minimum absolute atomic E-state index is 0.109. The van der Waals surface area contributed by atoms with Crippen molar-refractivity contribution in [2.45, 2.75) is 25.7 Å². The lowest BCUT2D eigenvalue weighted by atomic mass is 10.3. The maximum atomic E-state index is 11.4. The van der Waals surface area contributed by atoms with E-state index in [4.69, 9.17) is 19.9 Å². The van der Waals surface area contributed by atoms with Crippen molar-refractivity contribution in [3.8, 4) is 0 Å². The van der Waals surface area contributed by atoms with E-state index in [9.17, 15) is 24.0 Å². The molecule has 0 radical (unpaired) electrons. The van der Waals surface area contributed by atoms with Crippen molar-refractivity contribution in [2.75, 3.05) is 26.4 Å². The Kier molecular flexibility index (Phi) is 11.9. The summed E-state index contributed by atoms with van der Waals surface area (Å²) in [6, 6.07) is 0. The summed E-state index contributed by atoms with van der Waals surface area (Å²) < 4.78 is 18.8. The molecule has 0 spiro atoms. The summed E-state index contributed by atoms with van der Waals surface area (Å²) in [7, 11) is 0. The van der Waals surface area contributed by atoms with Gasteiger partial charge in [-0.1, -0.05) is 6.58 Å². The molecule has 0 atom stereocenters. The number of primary amides is 1. The third-order valence-electron chi connectivity index (χ3n) is 2.48. The van der Waals surface area contributed by atoms with Crippen LogP contribution in [0.2, 0.25) is 0 Å². The van der Waals surface area contributed by atoms with Gasteiger partial charge in [-0.05, 0) is 0 Å². The first kappa shape index (κ1) is 22.1. The molecule has 140 valence electrons. The number of ether oxygens (including phenoxy) is 4. The first-order valence-corrected chi connectivity index (χ1v) is 7.39. The summed E-state index contributed by atoms with van der Waals surface area (Å²) in [4.78, 5) is 55.0. The Morgan fingerprint density at radius 2 is 1.04 bits per heavy atom. The van der Waals surface area contributed by atoms with E-state index in [1.54, 1.807) is 0 Å². The van der Waals surface area contributed by atoms with Gasteiger partial charge in [0.15, 0.2) is 0 Å². The quantitative estimate of drug-likeness (QED) is 0.197. The highest BCUT2D eigenvalue weighted by atomic mass is 16.6. The summed E-state index contributed by atoms with van der Waals surface area (Å²) in [5.74, 6) is -3.19. The minimum Gasteiger partial charge on any atom is -0.462 e. The predicted octanol–water partition coefficient (Wildman–Crippen LogP) is -0.609. The highest BCUT2D eigenvalue weighted by Gasteiger charge is 2.10. The number of amides is 1. The van der Waals surface area contributed by atoms with Gasteiger partial charge in [0.2, 0.25) is 5.91 Å². The van der Waals surface area contributed by atoms with Gasteiger partial charge in [0.1, 0.15) is 26.4 Å². The van der Waals surface area contributed by atoms with Gasteiger partial charge in [-0.3, -0.25) is 19.2 Å².